The van der Waals surface area contributed by atoms with Gasteiger partial charge in [0.15, 0.2) is 0 Å². The Bertz CT molecular complexity index is 388. The van der Waals surface area contributed by atoms with Crippen LogP contribution < -0.4 is 15.8 Å². The highest BCUT2D eigenvalue weighted by Crippen LogP contribution is 2.27. The van der Waals surface area contributed by atoms with Crippen LogP contribution in [0.3, 0.4) is 0 Å². The molecule has 1 aromatic heterocycles. The molecule has 0 radical (unpaired) electrons. The van der Waals surface area contributed by atoms with Crippen LogP contribution in [0.15, 0.2) is 12.1 Å². The summed E-state index contributed by atoms with van der Waals surface area (Å²) in [4.78, 5) is 15.3. The van der Waals surface area contributed by atoms with Gasteiger partial charge >= 0.3 is 0 Å². The SMILES string of the molecule is CNC(=O)c1cc(OC2CC2)cc(N)n1. The smallest absolute Gasteiger partial charge is 0.269 e. The Kier molecular flexibility index (Phi) is 2.45. The highest BCUT2D eigenvalue weighted by molar-refractivity contribution is 5.92. The molecule has 5 nitrogen and oxygen atoms in total. The molecular formula is C10H13N3O2. The second-order valence-corrected chi connectivity index (χ2v) is 3.51. The fourth-order valence-electron chi connectivity index (χ4n) is 1.22. The molecule has 0 unspecified atom stereocenters. The molecule has 0 aliphatic heterocycles. The number of carbonyl (C=O) groups is 1. The minimum absolute atomic E-state index is 0.261. The van der Waals surface area contributed by atoms with E-state index in [0.29, 0.717) is 11.6 Å². The zero-order valence-corrected chi connectivity index (χ0v) is 8.49. The number of hydrogen-bond donors (Lipinski definition) is 2. The van der Waals surface area contributed by atoms with E-state index < -0.39 is 0 Å². The molecule has 0 aromatic carbocycles. The maximum absolute atomic E-state index is 11.3. The number of nitrogen functional groups attached to an aromatic ring is 1. The van der Waals surface area contributed by atoms with Crippen LogP contribution in [0.4, 0.5) is 5.82 Å². The van der Waals surface area contributed by atoms with Crippen molar-refractivity contribution in [2.45, 2.75) is 18.9 Å². The van der Waals surface area contributed by atoms with Crippen LogP contribution in [-0.2, 0) is 0 Å². The van der Waals surface area contributed by atoms with E-state index in [-0.39, 0.29) is 17.7 Å². The second-order valence-electron chi connectivity index (χ2n) is 3.51. The van der Waals surface area contributed by atoms with Crippen molar-refractivity contribution in [3.63, 3.8) is 0 Å². The molecule has 1 aromatic rings. The standard InChI is InChI=1S/C10H13N3O2/c1-12-10(14)8-4-7(5-9(11)13-8)15-6-2-3-6/h4-6H,2-3H2,1H3,(H2,11,13)(H,12,14). The van der Waals surface area contributed by atoms with E-state index >= 15 is 0 Å². The molecular weight excluding hydrogens is 194 g/mol. The second kappa shape index (κ2) is 3.76. The number of aromatic nitrogens is 1. The van der Waals surface area contributed by atoms with Gasteiger partial charge in [0.25, 0.3) is 5.91 Å². The molecule has 0 spiro atoms. The molecule has 1 amide bonds. The van der Waals surface area contributed by atoms with Gasteiger partial charge < -0.3 is 15.8 Å². The van der Waals surface area contributed by atoms with Gasteiger partial charge in [-0.05, 0) is 12.8 Å². The summed E-state index contributed by atoms with van der Waals surface area (Å²) in [5, 5.41) is 2.49. The molecule has 0 atom stereocenters. The van der Waals surface area contributed by atoms with E-state index in [1.165, 1.54) is 0 Å². The van der Waals surface area contributed by atoms with Crippen molar-refractivity contribution in [1.82, 2.24) is 10.3 Å². The molecule has 0 saturated heterocycles. The summed E-state index contributed by atoms with van der Waals surface area (Å²) in [5.74, 6) is 0.651. The van der Waals surface area contributed by atoms with Crippen molar-refractivity contribution in [3.8, 4) is 5.75 Å². The molecule has 3 N–H and O–H groups in total. The fourth-order valence-corrected chi connectivity index (χ4v) is 1.22. The predicted octanol–water partition coefficient (Wildman–Crippen LogP) is 0.565. The van der Waals surface area contributed by atoms with Crippen LogP contribution in [0.2, 0.25) is 0 Å². The van der Waals surface area contributed by atoms with Gasteiger partial charge in [0.2, 0.25) is 0 Å². The lowest BCUT2D eigenvalue weighted by atomic mass is 10.3. The van der Waals surface area contributed by atoms with Crippen LogP contribution in [0, 0.1) is 0 Å². The minimum atomic E-state index is -0.261. The summed E-state index contributed by atoms with van der Waals surface area (Å²) in [6, 6.07) is 3.23. The summed E-state index contributed by atoms with van der Waals surface area (Å²) in [7, 11) is 1.55. The number of ether oxygens (including phenoxy) is 1. The predicted molar refractivity (Wildman–Crippen MR) is 55.7 cm³/mol. The van der Waals surface area contributed by atoms with Crippen LogP contribution >= 0.6 is 0 Å². The van der Waals surface area contributed by atoms with Crippen LogP contribution in [0.1, 0.15) is 23.3 Å². The first kappa shape index (κ1) is 9.76. The first-order valence-electron chi connectivity index (χ1n) is 4.85. The van der Waals surface area contributed by atoms with Gasteiger partial charge in [-0.3, -0.25) is 4.79 Å². The number of rotatable bonds is 3. The Labute approximate surface area is 87.6 Å². The summed E-state index contributed by atoms with van der Waals surface area (Å²) in [6.07, 6.45) is 2.42. The normalized spacial score (nSPS) is 14.7. The molecule has 5 heteroatoms. The average molecular weight is 207 g/mol. The van der Waals surface area contributed by atoms with E-state index in [0.717, 1.165) is 12.8 Å². The lowest BCUT2D eigenvalue weighted by Crippen LogP contribution is -2.19. The number of pyridine rings is 1. The van der Waals surface area contributed by atoms with E-state index in [2.05, 4.69) is 10.3 Å². The van der Waals surface area contributed by atoms with Crippen molar-refractivity contribution < 1.29 is 9.53 Å². The Hall–Kier alpha value is -1.78. The highest BCUT2D eigenvalue weighted by Gasteiger charge is 2.24. The third kappa shape index (κ3) is 2.37. The molecule has 2 rings (SSSR count). The Morgan fingerprint density at radius 2 is 2.33 bits per heavy atom. The number of nitrogens with zero attached hydrogens (tertiary/aromatic N) is 1. The van der Waals surface area contributed by atoms with Gasteiger partial charge in [0.05, 0.1) is 6.10 Å². The summed E-state index contributed by atoms with van der Waals surface area (Å²) < 4.78 is 5.54. The van der Waals surface area contributed by atoms with Crippen LogP contribution in [-0.4, -0.2) is 24.0 Å². The largest absolute Gasteiger partial charge is 0.490 e. The summed E-state index contributed by atoms with van der Waals surface area (Å²) in [5.41, 5.74) is 5.86. The van der Waals surface area contributed by atoms with Gasteiger partial charge in [-0.25, -0.2) is 4.98 Å². The number of anilines is 1. The Balaban J connectivity index is 2.22. The zero-order chi connectivity index (χ0) is 10.8. The topological polar surface area (TPSA) is 77.2 Å². The average Bonchev–Trinajstić information content (AvgIpc) is 2.99. The van der Waals surface area contributed by atoms with Gasteiger partial charge in [-0.2, -0.15) is 0 Å². The van der Waals surface area contributed by atoms with Gasteiger partial charge in [-0.1, -0.05) is 0 Å². The lowest BCUT2D eigenvalue weighted by molar-refractivity contribution is 0.0957. The van der Waals surface area contributed by atoms with E-state index in [4.69, 9.17) is 10.5 Å². The number of carbonyl (C=O) groups excluding carboxylic acids is 1. The molecule has 1 saturated carbocycles. The number of nitrogens with two attached hydrogens (primary N) is 1. The van der Waals surface area contributed by atoms with Gasteiger partial charge in [0.1, 0.15) is 17.3 Å². The van der Waals surface area contributed by atoms with E-state index in [1.54, 1.807) is 19.2 Å². The minimum Gasteiger partial charge on any atom is -0.490 e. The van der Waals surface area contributed by atoms with Gasteiger partial charge in [0, 0.05) is 19.2 Å². The molecule has 1 fully saturated rings. The van der Waals surface area contributed by atoms with Crippen molar-refractivity contribution >= 4 is 11.7 Å². The number of nitrogens with one attached hydrogen (secondary N) is 1. The van der Waals surface area contributed by atoms with Crippen LogP contribution in [0.25, 0.3) is 0 Å². The number of amides is 1. The monoisotopic (exact) mass is 207 g/mol. The summed E-state index contributed by atoms with van der Waals surface area (Å²) in [6.45, 7) is 0. The molecule has 1 heterocycles. The lowest BCUT2D eigenvalue weighted by Gasteiger charge is -2.07. The highest BCUT2D eigenvalue weighted by atomic mass is 16.5. The quantitative estimate of drug-likeness (QED) is 0.759. The van der Waals surface area contributed by atoms with Gasteiger partial charge in [-0.15, -0.1) is 0 Å². The zero-order valence-electron chi connectivity index (χ0n) is 8.49. The van der Waals surface area contributed by atoms with Crippen molar-refractivity contribution in [3.05, 3.63) is 17.8 Å². The third-order valence-electron chi connectivity index (χ3n) is 2.11. The molecule has 80 valence electrons. The third-order valence-corrected chi connectivity index (χ3v) is 2.11. The van der Waals surface area contributed by atoms with Crippen LogP contribution in [0.5, 0.6) is 5.75 Å². The number of hydrogen-bond acceptors (Lipinski definition) is 4. The maximum Gasteiger partial charge on any atom is 0.269 e. The van der Waals surface area contributed by atoms with E-state index in [9.17, 15) is 4.79 Å². The van der Waals surface area contributed by atoms with Crippen molar-refractivity contribution in [2.75, 3.05) is 12.8 Å². The molecule has 15 heavy (non-hydrogen) atoms. The molecule has 1 aliphatic rings. The summed E-state index contributed by atoms with van der Waals surface area (Å²) >= 11 is 0. The molecule has 0 bridgehead atoms. The maximum atomic E-state index is 11.3. The fraction of sp³-hybridized carbons (Fsp3) is 0.400. The van der Waals surface area contributed by atoms with E-state index in [1.807, 2.05) is 0 Å². The van der Waals surface area contributed by atoms with Crippen molar-refractivity contribution in [2.24, 2.45) is 0 Å². The first-order chi connectivity index (χ1) is 7.19. The first-order valence-corrected chi connectivity index (χ1v) is 4.85. The Morgan fingerprint density at radius 1 is 1.60 bits per heavy atom. The molecule has 1 aliphatic carbocycles. The Morgan fingerprint density at radius 3 is 2.93 bits per heavy atom. The van der Waals surface area contributed by atoms with Crippen molar-refractivity contribution in [1.29, 1.82) is 0 Å².